The Balaban J connectivity index is 0.000000695. The number of pyridine rings is 1. The van der Waals surface area contributed by atoms with Crippen LogP contribution in [-0.4, -0.2) is 36.3 Å². The molecule has 0 bridgehead atoms. The molecule has 4 rings (SSSR count). The van der Waals surface area contributed by atoms with E-state index in [0.717, 1.165) is 30.7 Å². The Morgan fingerprint density at radius 3 is 2.27 bits per heavy atom. The minimum absolute atomic E-state index is 0.0749. The number of alkyl halides is 6. The molecule has 0 saturated heterocycles. The van der Waals surface area contributed by atoms with Crippen LogP contribution >= 0.6 is 22.7 Å². The second-order valence-corrected chi connectivity index (χ2v) is 9.60. The van der Waals surface area contributed by atoms with Gasteiger partial charge in [0.15, 0.2) is 0 Å². The number of carbonyl (C=O) groups excluding carboxylic acids is 2. The van der Waals surface area contributed by atoms with Crippen molar-refractivity contribution in [2.45, 2.75) is 12.4 Å². The molecule has 0 unspecified atom stereocenters. The molecular formula is C23H18F6N4O2S2. The number of nitrogens with zero attached hydrogens (tertiary/aromatic N) is 2. The van der Waals surface area contributed by atoms with E-state index in [9.17, 15) is 35.9 Å². The lowest BCUT2D eigenvalue weighted by atomic mass is 10.1. The Hall–Kier alpha value is -3.65. The van der Waals surface area contributed by atoms with Crippen molar-refractivity contribution in [1.82, 2.24) is 9.88 Å². The lowest BCUT2D eigenvalue weighted by Gasteiger charge is -2.11. The van der Waals surface area contributed by atoms with E-state index in [4.69, 9.17) is 5.73 Å². The summed E-state index contributed by atoms with van der Waals surface area (Å²) in [6, 6.07) is 8.01. The largest absolute Gasteiger partial charge is 0.417 e. The molecule has 0 atom stereocenters. The number of aromatic nitrogens is 1. The van der Waals surface area contributed by atoms with Crippen LogP contribution < -0.4 is 11.1 Å². The third-order valence-corrected chi connectivity index (χ3v) is 6.63. The summed E-state index contributed by atoms with van der Waals surface area (Å²) < 4.78 is 79.9. The maximum absolute atomic E-state index is 13.8. The van der Waals surface area contributed by atoms with Crippen LogP contribution in [0, 0.1) is 0 Å². The van der Waals surface area contributed by atoms with E-state index in [1.165, 1.54) is 22.3 Å². The zero-order valence-electron chi connectivity index (χ0n) is 19.1. The number of hydrogen-bond acceptors (Lipinski definition) is 6. The van der Waals surface area contributed by atoms with Crippen LogP contribution in [0.15, 0.2) is 47.8 Å². The number of nitrogens with two attached hydrogens (primary N) is 1. The van der Waals surface area contributed by atoms with Gasteiger partial charge < -0.3 is 16.0 Å². The summed E-state index contributed by atoms with van der Waals surface area (Å²) in [6.45, 7) is 0. The predicted octanol–water partition coefficient (Wildman–Crippen LogP) is 6.60. The van der Waals surface area contributed by atoms with Crippen molar-refractivity contribution >= 4 is 56.6 Å². The molecule has 37 heavy (non-hydrogen) atoms. The van der Waals surface area contributed by atoms with Gasteiger partial charge >= 0.3 is 12.4 Å². The monoisotopic (exact) mass is 560 g/mol. The summed E-state index contributed by atoms with van der Waals surface area (Å²) in [5, 5.41) is 3.52. The second-order valence-electron chi connectivity index (χ2n) is 7.66. The Morgan fingerprint density at radius 2 is 1.73 bits per heavy atom. The molecule has 2 amide bonds. The molecule has 3 N–H and O–H groups in total. The van der Waals surface area contributed by atoms with E-state index in [1.807, 2.05) is 0 Å². The zero-order valence-corrected chi connectivity index (χ0v) is 20.7. The minimum atomic E-state index is -4.77. The number of nitrogens with one attached hydrogen (secondary N) is 1. The van der Waals surface area contributed by atoms with E-state index in [2.05, 4.69) is 10.3 Å². The minimum Gasteiger partial charge on any atom is -0.397 e. The topological polar surface area (TPSA) is 88.3 Å². The van der Waals surface area contributed by atoms with Gasteiger partial charge in [-0.05, 0) is 35.7 Å². The predicted molar refractivity (Wildman–Crippen MR) is 131 cm³/mol. The van der Waals surface area contributed by atoms with Gasteiger partial charge in [0.25, 0.3) is 5.91 Å². The van der Waals surface area contributed by atoms with Crippen LogP contribution in [0.5, 0.6) is 0 Å². The molecule has 0 saturated carbocycles. The molecule has 0 spiro atoms. The molecule has 3 aromatic heterocycles. The Kier molecular flexibility index (Phi) is 8.12. The van der Waals surface area contributed by atoms with Crippen LogP contribution in [0.3, 0.4) is 0 Å². The van der Waals surface area contributed by atoms with Crippen molar-refractivity contribution in [2.24, 2.45) is 0 Å². The number of rotatable bonds is 4. The molecule has 0 aliphatic heterocycles. The van der Waals surface area contributed by atoms with Gasteiger partial charge in [0, 0.05) is 25.2 Å². The maximum Gasteiger partial charge on any atom is 0.417 e. The molecule has 14 heteroatoms. The number of anilines is 2. The molecule has 4 aromatic rings. The fourth-order valence-electron chi connectivity index (χ4n) is 3.02. The van der Waals surface area contributed by atoms with E-state index in [1.54, 1.807) is 31.6 Å². The molecule has 0 aliphatic rings. The SMILES string of the molecule is CN(C)C=O.Nc1c(C(=O)Nc2cccc(C(F)(F)F)c2)sc2nc(-c3cccs3)cc(C(F)(F)F)c12. The standard InChI is InChI=1S/C20H11F6N3OS2.C3H7NO/c21-19(22,23)9-3-1-4-10(7-9)28-17(30)16-15(27)14-11(20(24,25)26)8-12(29-18(14)32-16)13-5-2-6-31-13;1-4(2)3-5/h1-8H,27H2,(H,28,30);3H,1-2H3. The molecule has 6 nitrogen and oxygen atoms in total. The number of nitrogen functional groups attached to an aromatic ring is 1. The quantitative estimate of drug-likeness (QED) is 0.217. The zero-order chi connectivity index (χ0) is 27.5. The molecule has 3 heterocycles. The van der Waals surface area contributed by atoms with E-state index in [0.29, 0.717) is 16.2 Å². The highest BCUT2D eigenvalue weighted by molar-refractivity contribution is 7.21. The van der Waals surface area contributed by atoms with Crippen molar-refractivity contribution in [2.75, 3.05) is 25.1 Å². The maximum atomic E-state index is 13.8. The van der Waals surface area contributed by atoms with Crippen molar-refractivity contribution in [1.29, 1.82) is 0 Å². The first-order chi connectivity index (χ1) is 17.2. The third-order valence-electron chi connectivity index (χ3n) is 4.64. The highest BCUT2D eigenvalue weighted by Gasteiger charge is 2.36. The van der Waals surface area contributed by atoms with Crippen LogP contribution in [0.25, 0.3) is 20.8 Å². The smallest absolute Gasteiger partial charge is 0.397 e. The van der Waals surface area contributed by atoms with Gasteiger partial charge in [-0.25, -0.2) is 4.98 Å². The summed E-state index contributed by atoms with van der Waals surface area (Å²) in [6.07, 6.45) is -8.64. The lowest BCUT2D eigenvalue weighted by molar-refractivity contribution is -0.138. The highest BCUT2D eigenvalue weighted by atomic mass is 32.1. The number of amides is 2. The highest BCUT2D eigenvalue weighted by Crippen LogP contribution is 2.44. The van der Waals surface area contributed by atoms with Crippen LogP contribution in [-0.2, 0) is 17.1 Å². The third kappa shape index (κ3) is 6.57. The summed E-state index contributed by atoms with van der Waals surface area (Å²) in [5.74, 6) is -0.935. The average Bonchev–Trinajstić information content (AvgIpc) is 3.46. The lowest BCUT2D eigenvalue weighted by Crippen LogP contribution is -2.13. The average molecular weight is 561 g/mol. The van der Waals surface area contributed by atoms with Gasteiger partial charge in [-0.3, -0.25) is 9.59 Å². The van der Waals surface area contributed by atoms with Crippen molar-refractivity contribution in [3.63, 3.8) is 0 Å². The Bertz CT molecular complexity index is 1410. The number of thiophene rings is 2. The van der Waals surface area contributed by atoms with Crippen LogP contribution in [0.1, 0.15) is 20.8 Å². The van der Waals surface area contributed by atoms with Crippen LogP contribution in [0.2, 0.25) is 0 Å². The van der Waals surface area contributed by atoms with Gasteiger partial charge in [0.1, 0.15) is 9.71 Å². The van der Waals surface area contributed by atoms with Gasteiger partial charge in [0.2, 0.25) is 6.41 Å². The number of benzene rings is 1. The Morgan fingerprint density at radius 1 is 1.05 bits per heavy atom. The van der Waals surface area contributed by atoms with Gasteiger partial charge in [0.05, 0.1) is 27.4 Å². The first-order valence-corrected chi connectivity index (χ1v) is 11.9. The summed E-state index contributed by atoms with van der Waals surface area (Å²) in [4.78, 5) is 27.9. The Labute approximate surface area is 214 Å². The van der Waals surface area contributed by atoms with E-state index in [-0.39, 0.29) is 21.1 Å². The second kappa shape index (κ2) is 10.8. The van der Waals surface area contributed by atoms with Crippen molar-refractivity contribution in [3.05, 3.63) is 63.8 Å². The van der Waals surface area contributed by atoms with Gasteiger partial charge in [-0.2, -0.15) is 26.3 Å². The molecular weight excluding hydrogens is 542 g/mol. The first-order valence-electron chi connectivity index (χ1n) is 10.2. The summed E-state index contributed by atoms with van der Waals surface area (Å²) in [7, 11) is 3.38. The summed E-state index contributed by atoms with van der Waals surface area (Å²) in [5.41, 5.74) is 3.32. The molecule has 0 aliphatic carbocycles. The molecule has 196 valence electrons. The van der Waals surface area contributed by atoms with Gasteiger partial charge in [-0.15, -0.1) is 22.7 Å². The molecule has 1 aromatic carbocycles. The fourth-order valence-corrected chi connectivity index (χ4v) is 4.73. The number of fused-ring (bicyclic) bond motifs is 1. The van der Waals surface area contributed by atoms with Crippen molar-refractivity contribution in [3.8, 4) is 10.6 Å². The van der Waals surface area contributed by atoms with E-state index < -0.39 is 40.5 Å². The van der Waals surface area contributed by atoms with Crippen LogP contribution in [0.4, 0.5) is 37.7 Å². The number of halogens is 6. The fraction of sp³-hybridized carbons (Fsp3) is 0.174. The number of carbonyl (C=O) groups is 2. The van der Waals surface area contributed by atoms with E-state index >= 15 is 0 Å². The molecule has 0 fully saturated rings. The summed E-state index contributed by atoms with van der Waals surface area (Å²) >= 11 is 1.84. The normalized spacial score (nSPS) is 11.6. The first kappa shape index (κ1) is 27.9. The van der Waals surface area contributed by atoms with Crippen molar-refractivity contribution < 1.29 is 35.9 Å². The number of hydrogen-bond donors (Lipinski definition) is 2. The molecule has 0 radical (unpaired) electrons. The van der Waals surface area contributed by atoms with Gasteiger partial charge in [-0.1, -0.05) is 12.1 Å².